The van der Waals surface area contributed by atoms with Crippen molar-refractivity contribution in [3.8, 4) is 11.3 Å². The van der Waals surface area contributed by atoms with Crippen LogP contribution in [0.15, 0.2) is 34.8 Å². The Kier molecular flexibility index (Phi) is 4.55. The van der Waals surface area contributed by atoms with Gasteiger partial charge in [0.05, 0.1) is 5.69 Å². The number of nitrogens with two attached hydrogens (primary N) is 1. The van der Waals surface area contributed by atoms with E-state index in [1.54, 1.807) is 0 Å². The van der Waals surface area contributed by atoms with Crippen LogP contribution in [0.5, 0.6) is 0 Å². The van der Waals surface area contributed by atoms with Gasteiger partial charge in [-0.05, 0) is 38.1 Å². The maximum atomic E-state index is 5.70. The minimum absolute atomic E-state index is 0.110. The van der Waals surface area contributed by atoms with Crippen LogP contribution in [0.2, 0.25) is 0 Å². The van der Waals surface area contributed by atoms with Crippen molar-refractivity contribution in [1.82, 2.24) is 9.97 Å². The number of hydrogen-bond donors (Lipinski definition) is 1. The predicted molar refractivity (Wildman–Crippen MR) is 86.6 cm³/mol. The summed E-state index contributed by atoms with van der Waals surface area (Å²) in [5, 5.41) is 0. The van der Waals surface area contributed by atoms with Crippen LogP contribution in [0.3, 0.4) is 0 Å². The molecule has 2 aromatic rings. The number of aryl methyl sites for hydroxylation is 1. The highest BCUT2D eigenvalue weighted by atomic mass is 79.9. The average molecular weight is 334 g/mol. The Morgan fingerprint density at radius 3 is 2.60 bits per heavy atom. The molecule has 1 heterocycles. The first-order chi connectivity index (χ1) is 9.42. The molecule has 0 saturated heterocycles. The number of aromatic nitrogens is 2. The maximum absolute atomic E-state index is 5.70. The summed E-state index contributed by atoms with van der Waals surface area (Å²) in [7, 11) is 0. The third-order valence-corrected chi connectivity index (χ3v) is 3.84. The Hall–Kier alpha value is -1.26. The van der Waals surface area contributed by atoms with E-state index in [2.05, 4.69) is 46.9 Å². The highest BCUT2D eigenvalue weighted by molar-refractivity contribution is 9.10. The first-order valence-electron chi connectivity index (χ1n) is 6.74. The smallest absolute Gasteiger partial charge is 0.134 e. The summed E-state index contributed by atoms with van der Waals surface area (Å²) >= 11 is 3.50. The average Bonchev–Trinajstić information content (AvgIpc) is 2.38. The highest BCUT2D eigenvalue weighted by Crippen LogP contribution is 2.27. The number of hydrogen-bond acceptors (Lipinski definition) is 3. The molecule has 106 valence electrons. The first kappa shape index (κ1) is 15.1. The van der Waals surface area contributed by atoms with Gasteiger partial charge in [-0.2, -0.15) is 0 Å². The molecule has 0 bridgehead atoms. The molecule has 1 aromatic heterocycles. The van der Waals surface area contributed by atoms with Crippen LogP contribution < -0.4 is 5.73 Å². The lowest BCUT2D eigenvalue weighted by Crippen LogP contribution is -2.25. The van der Waals surface area contributed by atoms with Crippen LogP contribution >= 0.6 is 15.9 Å². The van der Waals surface area contributed by atoms with E-state index in [1.807, 2.05) is 25.1 Å². The Morgan fingerprint density at radius 2 is 1.95 bits per heavy atom. The lowest BCUT2D eigenvalue weighted by atomic mass is 9.88. The summed E-state index contributed by atoms with van der Waals surface area (Å²) < 4.78 is 1.05. The van der Waals surface area contributed by atoms with Crippen molar-refractivity contribution in [3.63, 3.8) is 0 Å². The molecule has 0 spiro atoms. The van der Waals surface area contributed by atoms with Gasteiger partial charge < -0.3 is 5.73 Å². The lowest BCUT2D eigenvalue weighted by Gasteiger charge is -2.23. The summed E-state index contributed by atoms with van der Waals surface area (Å²) in [6.45, 7) is 6.92. The molecule has 0 aliphatic carbocycles. The Bertz CT molecular complexity index is 608. The predicted octanol–water partition coefficient (Wildman–Crippen LogP) is 3.84. The van der Waals surface area contributed by atoms with E-state index in [0.717, 1.165) is 33.7 Å². The van der Waals surface area contributed by atoms with Crippen molar-refractivity contribution in [3.05, 3.63) is 46.3 Å². The molecule has 0 saturated carbocycles. The van der Waals surface area contributed by atoms with Gasteiger partial charge in [0.25, 0.3) is 0 Å². The molecule has 0 unspecified atom stereocenters. The van der Waals surface area contributed by atoms with Crippen molar-refractivity contribution in [2.24, 2.45) is 5.73 Å². The topological polar surface area (TPSA) is 51.8 Å². The number of nitrogens with zero attached hydrogens (tertiary/aromatic N) is 2. The van der Waals surface area contributed by atoms with Gasteiger partial charge in [-0.1, -0.05) is 41.9 Å². The molecular formula is C16H20BrN3. The number of halogens is 1. The van der Waals surface area contributed by atoms with Crippen LogP contribution in [0.1, 0.15) is 31.8 Å². The van der Waals surface area contributed by atoms with Crippen LogP contribution in [0.25, 0.3) is 11.3 Å². The SMILES string of the molecule is Cc1cc(-c2cccc(Br)c2)nc(C(C)(C)CCN)n1. The summed E-state index contributed by atoms with van der Waals surface area (Å²) in [6.07, 6.45) is 0.869. The van der Waals surface area contributed by atoms with E-state index in [-0.39, 0.29) is 5.41 Å². The van der Waals surface area contributed by atoms with Crippen LogP contribution in [0.4, 0.5) is 0 Å². The molecule has 0 radical (unpaired) electrons. The fraction of sp³-hybridized carbons (Fsp3) is 0.375. The zero-order valence-corrected chi connectivity index (χ0v) is 13.7. The van der Waals surface area contributed by atoms with E-state index in [0.29, 0.717) is 6.54 Å². The summed E-state index contributed by atoms with van der Waals surface area (Å²) in [4.78, 5) is 9.34. The molecule has 2 rings (SSSR count). The van der Waals surface area contributed by atoms with Gasteiger partial charge in [-0.15, -0.1) is 0 Å². The normalized spacial score (nSPS) is 11.7. The molecule has 0 amide bonds. The van der Waals surface area contributed by atoms with Gasteiger partial charge in [-0.25, -0.2) is 9.97 Å². The van der Waals surface area contributed by atoms with E-state index in [4.69, 9.17) is 10.7 Å². The lowest BCUT2D eigenvalue weighted by molar-refractivity contribution is 0.456. The van der Waals surface area contributed by atoms with Gasteiger partial charge in [0, 0.05) is 21.1 Å². The Morgan fingerprint density at radius 1 is 1.20 bits per heavy atom. The van der Waals surface area contributed by atoms with Crippen molar-refractivity contribution >= 4 is 15.9 Å². The molecule has 2 N–H and O–H groups in total. The zero-order chi connectivity index (χ0) is 14.8. The molecule has 20 heavy (non-hydrogen) atoms. The van der Waals surface area contributed by atoms with E-state index in [9.17, 15) is 0 Å². The minimum Gasteiger partial charge on any atom is -0.330 e. The second-order valence-electron chi connectivity index (χ2n) is 5.65. The Balaban J connectivity index is 2.49. The number of benzene rings is 1. The van der Waals surface area contributed by atoms with E-state index >= 15 is 0 Å². The zero-order valence-electron chi connectivity index (χ0n) is 12.2. The van der Waals surface area contributed by atoms with Crippen molar-refractivity contribution in [1.29, 1.82) is 0 Å². The third kappa shape index (κ3) is 3.44. The Labute approximate surface area is 128 Å². The molecule has 3 nitrogen and oxygen atoms in total. The molecular weight excluding hydrogens is 314 g/mol. The van der Waals surface area contributed by atoms with Crippen LogP contribution in [-0.4, -0.2) is 16.5 Å². The van der Waals surface area contributed by atoms with E-state index < -0.39 is 0 Å². The minimum atomic E-state index is -0.110. The summed E-state index contributed by atoms with van der Waals surface area (Å²) in [5.41, 5.74) is 8.62. The second-order valence-corrected chi connectivity index (χ2v) is 6.57. The van der Waals surface area contributed by atoms with Gasteiger partial charge in [0.15, 0.2) is 0 Å². The largest absolute Gasteiger partial charge is 0.330 e. The van der Waals surface area contributed by atoms with Gasteiger partial charge >= 0.3 is 0 Å². The number of rotatable bonds is 4. The molecule has 0 atom stereocenters. The second kappa shape index (κ2) is 6.02. The monoisotopic (exact) mass is 333 g/mol. The summed E-state index contributed by atoms with van der Waals surface area (Å²) in [5.74, 6) is 0.859. The molecule has 4 heteroatoms. The standard InChI is InChI=1S/C16H20BrN3/c1-11-9-14(12-5-4-6-13(17)10-12)20-15(19-11)16(2,3)7-8-18/h4-6,9-10H,7-8,18H2,1-3H3. The molecule has 0 aliphatic heterocycles. The third-order valence-electron chi connectivity index (χ3n) is 3.35. The fourth-order valence-corrected chi connectivity index (χ4v) is 2.54. The first-order valence-corrected chi connectivity index (χ1v) is 7.54. The maximum Gasteiger partial charge on any atom is 0.134 e. The molecule has 0 aliphatic rings. The van der Waals surface area contributed by atoms with Crippen molar-refractivity contribution in [2.75, 3.05) is 6.54 Å². The van der Waals surface area contributed by atoms with Crippen molar-refractivity contribution < 1.29 is 0 Å². The van der Waals surface area contributed by atoms with Crippen LogP contribution in [0, 0.1) is 6.92 Å². The highest BCUT2D eigenvalue weighted by Gasteiger charge is 2.24. The van der Waals surface area contributed by atoms with Gasteiger partial charge in [0.1, 0.15) is 5.82 Å². The molecule has 1 aromatic carbocycles. The summed E-state index contributed by atoms with van der Waals surface area (Å²) in [6, 6.07) is 10.2. The molecule has 0 fully saturated rings. The van der Waals surface area contributed by atoms with Crippen LogP contribution in [-0.2, 0) is 5.41 Å². The quantitative estimate of drug-likeness (QED) is 0.924. The fourth-order valence-electron chi connectivity index (χ4n) is 2.14. The van der Waals surface area contributed by atoms with E-state index in [1.165, 1.54) is 0 Å². The van der Waals surface area contributed by atoms with Gasteiger partial charge in [0.2, 0.25) is 0 Å². The van der Waals surface area contributed by atoms with Crippen molar-refractivity contribution in [2.45, 2.75) is 32.6 Å². The van der Waals surface area contributed by atoms with Gasteiger partial charge in [-0.3, -0.25) is 0 Å².